The summed E-state index contributed by atoms with van der Waals surface area (Å²) >= 11 is 0. The Bertz CT molecular complexity index is 718. The van der Waals surface area contributed by atoms with Crippen LogP contribution in [0.3, 0.4) is 0 Å². The first-order chi connectivity index (χ1) is 13.4. The summed E-state index contributed by atoms with van der Waals surface area (Å²) in [4.78, 5) is 15.6. The van der Waals surface area contributed by atoms with Gasteiger partial charge < -0.3 is 19.9 Å². The van der Waals surface area contributed by atoms with Crippen LogP contribution < -0.4 is 5.73 Å². The quantitative estimate of drug-likeness (QED) is 0.778. The summed E-state index contributed by atoms with van der Waals surface area (Å²) in [5.41, 5.74) is 5.70. The predicted octanol–water partition coefficient (Wildman–Crippen LogP) is 2.95. The van der Waals surface area contributed by atoms with Crippen LogP contribution in [0.1, 0.15) is 47.1 Å². The Morgan fingerprint density at radius 1 is 1.17 bits per heavy atom. The Morgan fingerprint density at radius 2 is 1.76 bits per heavy atom. The highest BCUT2D eigenvalue weighted by Gasteiger charge is 2.69. The van der Waals surface area contributed by atoms with E-state index in [1.807, 2.05) is 45.9 Å². The van der Waals surface area contributed by atoms with Crippen molar-refractivity contribution in [3.05, 3.63) is 35.9 Å². The number of hydrogen-bond acceptors (Lipinski definition) is 6. The molecule has 1 spiro atoms. The number of nitrogens with two attached hydrogens (primary N) is 1. The number of nitrogens with zero attached hydrogens (tertiary/aromatic N) is 1. The molecule has 1 aromatic rings. The first kappa shape index (κ1) is 22.2. The number of ether oxygens (including phenoxy) is 3. The molecule has 162 valence electrons. The van der Waals surface area contributed by atoms with Gasteiger partial charge in [0.15, 0.2) is 0 Å². The molecule has 2 aliphatic heterocycles. The standard InChI is InChI=1S/C23H36N2O4/c1-20(2,3)29-19(26)22(6)14-25(13-17-10-8-7-9-11-17)18(12-24)23(22)27-15-21(4,5)16-28-23/h7-11,18H,12-16,24H2,1-6H3. The third-order valence-electron chi connectivity index (χ3n) is 5.82. The monoisotopic (exact) mass is 404 g/mol. The van der Waals surface area contributed by atoms with Gasteiger partial charge in [-0.2, -0.15) is 0 Å². The highest BCUT2D eigenvalue weighted by molar-refractivity contribution is 5.79. The lowest BCUT2D eigenvalue weighted by molar-refractivity contribution is -0.339. The van der Waals surface area contributed by atoms with E-state index in [0.717, 1.165) is 5.56 Å². The number of carbonyl (C=O) groups excluding carboxylic acids is 1. The minimum atomic E-state index is -1.13. The minimum absolute atomic E-state index is 0.119. The van der Waals surface area contributed by atoms with E-state index in [4.69, 9.17) is 19.9 Å². The summed E-state index contributed by atoms with van der Waals surface area (Å²) in [6.07, 6.45) is 0. The molecule has 0 saturated carbocycles. The smallest absolute Gasteiger partial charge is 0.319 e. The number of hydrogen-bond donors (Lipinski definition) is 1. The maximum Gasteiger partial charge on any atom is 0.319 e. The van der Waals surface area contributed by atoms with Crippen LogP contribution in [0.4, 0.5) is 0 Å². The van der Waals surface area contributed by atoms with E-state index < -0.39 is 16.8 Å². The van der Waals surface area contributed by atoms with E-state index >= 15 is 0 Å². The summed E-state index contributed by atoms with van der Waals surface area (Å²) in [6.45, 7) is 14.2. The Kier molecular flexibility index (Phi) is 5.86. The molecule has 2 aliphatic rings. The molecule has 0 amide bonds. The Balaban J connectivity index is 1.98. The van der Waals surface area contributed by atoms with Crippen LogP contribution in [-0.4, -0.2) is 54.6 Å². The van der Waals surface area contributed by atoms with E-state index in [1.165, 1.54) is 0 Å². The van der Waals surface area contributed by atoms with Crippen LogP contribution in [0.5, 0.6) is 0 Å². The molecule has 29 heavy (non-hydrogen) atoms. The molecule has 3 rings (SSSR count). The maximum absolute atomic E-state index is 13.4. The highest BCUT2D eigenvalue weighted by atomic mass is 16.7. The van der Waals surface area contributed by atoms with Crippen molar-refractivity contribution < 1.29 is 19.0 Å². The molecule has 0 radical (unpaired) electrons. The average molecular weight is 405 g/mol. The van der Waals surface area contributed by atoms with Gasteiger partial charge in [0, 0.05) is 25.0 Å². The molecule has 0 bridgehead atoms. The molecule has 0 aliphatic carbocycles. The zero-order valence-corrected chi connectivity index (χ0v) is 18.7. The number of esters is 1. The largest absolute Gasteiger partial charge is 0.459 e. The summed E-state index contributed by atoms with van der Waals surface area (Å²) < 4.78 is 18.7. The summed E-state index contributed by atoms with van der Waals surface area (Å²) in [5.74, 6) is -1.44. The van der Waals surface area contributed by atoms with Crippen LogP contribution in [-0.2, 0) is 25.5 Å². The lowest BCUT2D eigenvalue weighted by Gasteiger charge is -2.50. The molecule has 2 unspecified atom stereocenters. The fourth-order valence-corrected chi connectivity index (χ4v) is 4.32. The lowest BCUT2D eigenvalue weighted by atomic mass is 9.79. The predicted molar refractivity (Wildman–Crippen MR) is 112 cm³/mol. The van der Waals surface area contributed by atoms with Gasteiger partial charge in [0.25, 0.3) is 0 Å². The van der Waals surface area contributed by atoms with E-state index in [9.17, 15) is 4.79 Å². The van der Waals surface area contributed by atoms with E-state index in [0.29, 0.717) is 32.8 Å². The third-order valence-corrected chi connectivity index (χ3v) is 5.82. The Morgan fingerprint density at radius 3 is 2.28 bits per heavy atom. The second-order valence-electron chi connectivity index (χ2n) is 10.4. The summed E-state index contributed by atoms with van der Waals surface area (Å²) in [5, 5.41) is 0. The minimum Gasteiger partial charge on any atom is -0.459 e. The van der Waals surface area contributed by atoms with Crippen LogP contribution in [0.15, 0.2) is 30.3 Å². The molecule has 2 fully saturated rings. The van der Waals surface area contributed by atoms with Crippen molar-refractivity contribution in [2.75, 3.05) is 26.3 Å². The van der Waals surface area contributed by atoms with Crippen molar-refractivity contribution in [3.8, 4) is 0 Å². The first-order valence-electron chi connectivity index (χ1n) is 10.4. The molecule has 6 nitrogen and oxygen atoms in total. The van der Waals surface area contributed by atoms with Gasteiger partial charge in [0.2, 0.25) is 5.79 Å². The van der Waals surface area contributed by atoms with Crippen LogP contribution in [0, 0.1) is 10.8 Å². The van der Waals surface area contributed by atoms with Crippen molar-refractivity contribution in [3.63, 3.8) is 0 Å². The summed E-state index contributed by atoms with van der Waals surface area (Å²) in [6, 6.07) is 9.93. The second-order valence-corrected chi connectivity index (χ2v) is 10.4. The summed E-state index contributed by atoms with van der Waals surface area (Å²) in [7, 11) is 0. The van der Waals surface area contributed by atoms with E-state index in [-0.39, 0.29) is 17.4 Å². The number of likely N-dealkylation sites (tertiary alicyclic amines) is 1. The zero-order valence-electron chi connectivity index (χ0n) is 18.7. The fraction of sp³-hybridized carbons (Fsp3) is 0.696. The van der Waals surface area contributed by atoms with E-state index in [1.54, 1.807) is 0 Å². The van der Waals surface area contributed by atoms with Gasteiger partial charge in [-0.05, 0) is 33.3 Å². The molecule has 1 aromatic carbocycles. The van der Waals surface area contributed by atoms with Gasteiger partial charge in [-0.25, -0.2) is 0 Å². The second kappa shape index (κ2) is 7.65. The van der Waals surface area contributed by atoms with Crippen molar-refractivity contribution in [2.45, 2.75) is 65.5 Å². The topological polar surface area (TPSA) is 74.0 Å². The van der Waals surface area contributed by atoms with Crippen molar-refractivity contribution in [1.82, 2.24) is 4.90 Å². The molecule has 2 atom stereocenters. The molecule has 0 aromatic heterocycles. The van der Waals surface area contributed by atoms with Gasteiger partial charge in [0.05, 0.1) is 19.3 Å². The van der Waals surface area contributed by atoms with E-state index in [2.05, 4.69) is 30.9 Å². The molecule has 6 heteroatoms. The van der Waals surface area contributed by atoms with Crippen molar-refractivity contribution >= 4 is 5.97 Å². The molecular weight excluding hydrogens is 368 g/mol. The van der Waals surface area contributed by atoms with Gasteiger partial charge >= 0.3 is 5.97 Å². The van der Waals surface area contributed by atoms with Crippen LogP contribution in [0.25, 0.3) is 0 Å². The third kappa shape index (κ3) is 4.22. The molecule has 2 N–H and O–H groups in total. The Labute approximate surface area is 174 Å². The SMILES string of the molecule is CC1(C)COC2(OC1)C(CN)N(Cc1ccccc1)CC2(C)C(=O)OC(C)(C)C. The molecular formula is C23H36N2O4. The van der Waals surface area contributed by atoms with Crippen LogP contribution >= 0.6 is 0 Å². The average Bonchev–Trinajstić information content (AvgIpc) is 2.86. The highest BCUT2D eigenvalue weighted by Crippen LogP contribution is 2.51. The van der Waals surface area contributed by atoms with Crippen molar-refractivity contribution in [2.24, 2.45) is 16.6 Å². The molecule has 2 saturated heterocycles. The number of carbonyl (C=O) groups is 1. The normalized spacial score (nSPS) is 29.1. The van der Waals surface area contributed by atoms with Gasteiger partial charge in [-0.15, -0.1) is 0 Å². The number of rotatable bonds is 4. The van der Waals surface area contributed by atoms with Gasteiger partial charge in [-0.3, -0.25) is 9.69 Å². The Hall–Kier alpha value is -1.47. The van der Waals surface area contributed by atoms with Gasteiger partial charge in [-0.1, -0.05) is 44.2 Å². The zero-order chi connectivity index (χ0) is 21.5. The lowest BCUT2D eigenvalue weighted by Crippen LogP contribution is -2.65. The maximum atomic E-state index is 13.4. The molecule has 2 heterocycles. The number of benzene rings is 1. The van der Waals surface area contributed by atoms with Crippen LogP contribution in [0.2, 0.25) is 0 Å². The first-order valence-corrected chi connectivity index (χ1v) is 10.4. The fourth-order valence-electron chi connectivity index (χ4n) is 4.32. The van der Waals surface area contributed by atoms with Gasteiger partial charge in [0.1, 0.15) is 11.0 Å². The van der Waals surface area contributed by atoms with Crippen molar-refractivity contribution in [1.29, 1.82) is 0 Å².